The van der Waals surface area contributed by atoms with E-state index in [-0.39, 0.29) is 11.4 Å². The van der Waals surface area contributed by atoms with Crippen molar-refractivity contribution in [2.24, 2.45) is 0 Å². The Morgan fingerprint density at radius 2 is 2.23 bits per heavy atom. The number of halogens is 2. The van der Waals surface area contributed by atoms with Gasteiger partial charge in [-0.25, -0.2) is 9.37 Å². The summed E-state index contributed by atoms with van der Waals surface area (Å²) in [6.45, 7) is 2.67. The molecule has 1 aliphatic heterocycles. The van der Waals surface area contributed by atoms with Crippen LogP contribution >= 0.6 is 11.6 Å². The van der Waals surface area contributed by atoms with Gasteiger partial charge in [-0.2, -0.15) is 4.98 Å². The van der Waals surface area contributed by atoms with Gasteiger partial charge >= 0.3 is 0 Å². The predicted molar refractivity (Wildman–Crippen MR) is 98.2 cm³/mol. The number of aryl methyl sites for hydroxylation is 1. The number of aromatic nitrogens is 3. The van der Waals surface area contributed by atoms with Gasteiger partial charge in [-0.05, 0) is 43.0 Å². The fourth-order valence-electron chi connectivity index (χ4n) is 2.71. The van der Waals surface area contributed by atoms with Gasteiger partial charge in [-0.3, -0.25) is 0 Å². The molecule has 0 saturated heterocycles. The van der Waals surface area contributed by atoms with Crippen molar-refractivity contribution in [3.05, 3.63) is 58.8 Å². The molecule has 6 nitrogen and oxygen atoms in total. The maximum absolute atomic E-state index is 14.3. The van der Waals surface area contributed by atoms with Gasteiger partial charge in [0.2, 0.25) is 0 Å². The summed E-state index contributed by atoms with van der Waals surface area (Å²) >= 11 is 6.01. The van der Waals surface area contributed by atoms with Gasteiger partial charge in [0.25, 0.3) is 5.71 Å². The Hall–Kier alpha value is -2.93. The molecule has 132 valence electrons. The third-order valence-corrected chi connectivity index (χ3v) is 4.23. The van der Waals surface area contributed by atoms with E-state index in [2.05, 4.69) is 25.8 Å². The minimum atomic E-state index is -0.462. The molecule has 1 aliphatic rings. The molecule has 0 fully saturated rings. The van der Waals surface area contributed by atoms with Crippen molar-refractivity contribution in [2.75, 3.05) is 11.9 Å². The molecule has 2 aromatic heterocycles. The lowest BCUT2D eigenvalue weighted by Gasteiger charge is -2.12. The number of dihydropyridines is 1. The lowest BCUT2D eigenvalue weighted by atomic mass is 10.1. The highest BCUT2D eigenvalue weighted by atomic mass is 35.5. The number of fused-ring (bicyclic) bond motifs is 1. The molecule has 0 amide bonds. The van der Waals surface area contributed by atoms with E-state index in [0.29, 0.717) is 34.9 Å². The first-order valence-corrected chi connectivity index (χ1v) is 8.52. The molecule has 0 bridgehead atoms. The molecule has 3 aromatic rings. The first kappa shape index (κ1) is 16.5. The van der Waals surface area contributed by atoms with E-state index in [1.807, 2.05) is 25.3 Å². The Kier molecular flexibility index (Phi) is 4.30. The summed E-state index contributed by atoms with van der Waals surface area (Å²) in [5, 5.41) is 11.5. The Labute approximate surface area is 153 Å². The smallest absolute Gasteiger partial charge is 0.263 e. The monoisotopic (exact) mass is 371 g/mol. The molecule has 2 N–H and O–H groups in total. The van der Waals surface area contributed by atoms with Crippen LogP contribution in [0.3, 0.4) is 0 Å². The highest BCUT2D eigenvalue weighted by Crippen LogP contribution is 2.31. The van der Waals surface area contributed by atoms with Gasteiger partial charge in [0.1, 0.15) is 17.0 Å². The lowest BCUT2D eigenvalue weighted by molar-refractivity contribution is 0.440. The average Bonchev–Trinajstić information content (AvgIpc) is 3.08. The zero-order valence-corrected chi connectivity index (χ0v) is 14.6. The lowest BCUT2D eigenvalue weighted by Crippen LogP contribution is -2.13. The third kappa shape index (κ3) is 3.01. The van der Waals surface area contributed by atoms with Gasteiger partial charge in [0.05, 0.1) is 11.3 Å². The maximum atomic E-state index is 14.3. The van der Waals surface area contributed by atoms with Crippen LogP contribution in [0.25, 0.3) is 22.5 Å². The molecule has 3 heterocycles. The second-order valence-electron chi connectivity index (χ2n) is 5.71. The van der Waals surface area contributed by atoms with Crippen molar-refractivity contribution in [3.8, 4) is 11.4 Å². The van der Waals surface area contributed by atoms with Crippen LogP contribution in [0.15, 0.2) is 46.8 Å². The molecule has 26 heavy (non-hydrogen) atoms. The van der Waals surface area contributed by atoms with Crippen molar-refractivity contribution in [3.63, 3.8) is 0 Å². The van der Waals surface area contributed by atoms with E-state index in [1.54, 1.807) is 0 Å². The molecule has 0 saturated carbocycles. The van der Waals surface area contributed by atoms with Crippen LogP contribution in [-0.2, 0) is 6.42 Å². The summed E-state index contributed by atoms with van der Waals surface area (Å²) in [5.41, 5.74) is 2.10. The number of benzene rings is 1. The number of anilines is 1. The van der Waals surface area contributed by atoms with E-state index in [0.717, 1.165) is 11.4 Å². The number of rotatable bonds is 4. The summed E-state index contributed by atoms with van der Waals surface area (Å²) in [6, 6.07) is 4.25. The summed E-state index contributed by atoms with van der Waals surface area (Å²) in [7, 11) is 0. The molecule has 0 atom stereocenters. The van der Waals surface area contributed by atoms with Crippen LogP contribution in [0.5, 0.6) is 0 Å². The Morgan fingerprint density at radius 3 is 3.00 bits per heavy atom. The maximum Gasteiger partial charge on any atom is 0.263 e. The van der Waals surface area contributed by atoms with Crippen LogP contribution in [-0.4, -0.2) is 21.7 Å². The van der Waals surface area contributed by atoms with E-state index in [9.17, 15) is 4.39 Å². The summed E-state index contributed by atoms with van der Waals surface area (Å²) < 4.78 is 19.6. The van der Waals surface area contributed by atoms with Crippen LogP contribution < -0.4 is 10.6 Å². The first-order valence-electron chi connectivity index (χ1n) is 8.14. The fraction of sp³-hybridized carbons (Fsp3) is 0.167. The highest BCUT2D eigenvalue weighted by Gasteiger charge is 2.19. The largest absolute Gasteiger partial charge is 0.387 e. The zero-order chi connectivity index (χ0) is 18.1. The van der Waals surface area contributed by atoms with Crippen LogP contribution in [0.4, 0.5) is 10.2 Å². The van der Waals surface area contributed by atoms with Crippen LogP contribution in [0.1, 0.15) is 12.6 Å². The van der Waals surface area contributed by atoms with Gasteiger partial charge < -0.3 is 15.2 Å². The van der Waals surface area contributed by atoms with Crippen molar-refractivity contribution >= 4 is 28.5 Å². The van der Waals surface area contributed by atoms with Gasteiger partial charge in [-0.1, -0.05) is 23.7 Å². The van der Waals surface area contributed by atoms with E-state index >= 15 is 0 Å². The Balaban J connectivity index is 1.89. The van der Waals surface area contributed by atoms with Crippen molar-refractivity contribution < 1.29 is 8.91 Å². The molecule has 1 aromatic carbocycles. The standard InChI is InChI=1S/C18H15ClFN5O/c1-2-14-15-17(22-11-5-7-21-8-6-11)23-16(24-18(15)26-25-14)12-9-10(19)3-4-13(12)20/h3-7,9,21H,2,8H2,1H3,(H,22,23,24). The van der Waals surface area contributed by atoms with Gasteiger partial charge in [0.15, 0.2) is 5.82 Å². The predicted octanol–water partition coefficient (Wildman–Crippen LogP) is 4.05. The zero-order valence-electron chi connectivity index (χ0n) is 13.9. The van der Waals surface area contributed by atoms with Crippen LogP contribution in [0.2, 0.25) is 5.02 Å². The number of nitrogens with one attached hydrogen (secondary N) is 2. The number of nitrogens with zero attached hydrogens (tertiary/aromatic N) is 3. The molecular weight excluding hydrogens is 357 g/mol. The van der Waals surface area contributed by atoms with E-state index in [1.165, 1.54) is 18.2 Å². The minimum Gasteiger partial charge on any atom is -0.387 e. The summed E-state index contributed by atoms with van der Waals surface area (Å²) in [4.78, 5) is 8.87. The van der Waals surface area contributed by atoms with E-state index < -0.39 is 5.82 Å². The molecule has 0 aliphatic carbocycles. The summed E-state index contributed by atoms with van der Waals surface area (Å²) in [5.74, 6) is 0.230. The third-order valence-electron chi connectivity index (χ3n) is 3.99. The van der Waals surface area contributed by atoms with Gasteiger partial charge in [-0.15, -0.1) is 0 Å². The first-order chi connectivity index (χ1) is 12.7. The molecule has 8 heteroatoms. The van der Waals surface area contributed by atoms with Gasteiger partial charge in [0, 0.05) is 17.3 Å². The normalized spacial score (nSPS) is 13.6. The SMILES string of the molecule is CCc1noc2nc(-c3cc(Cl)ccc3F)nc(NC3=CCNC=C3)c12. The molecule has 0 unspecified atom stereocenters. The fourth-order valence-corrected chi connectivity index (χ4v) is 2.89. The minimum absolute atomic E-state index is 0.178. The quantitative estimate of drug-likeness (QED) is 0.720. The molecule has 4 rings (SSSR count). The number of allylic oxidation sites excluding steroid dienone is 1. The van der Waals surface area contributed by atoms with Crippen molar-refractivity contribution in [1.29, 1.82) is 0 Å². The van der Waals surface area contributed by atoms with Crippen molar-refractivity contribution in [1.82, 2.24) is 20.4 Å². The number of hydrogen-bond donors (Lipinski definition) is 2. The molecular formula is C18H15ClFN5O. The second-order valence-corrected chi connectivity index (χ2v) is 6.15. The molecule has 0 spiro atoms. The molecule has 0 radical (unpaired) electrons. The Bertz CT molecular complexity index is 1040. The van der Waals surface area contributed by atoms with Crippen molar-refractivity contribution in [2.45, 2.75) is 13.3 Å². The Morgan fingerprint density at radius 1 is 1.35 bits per heavy atom. The number of hydrogen-bond acceptors (Lipinski definition) is 6. The topological polar surface area (TPSA) is 75.9 Å². The summed E-state index contributed by atoms with van der Waals surface area (Å²) in [6.07, 6.45) is 6.36. The highest BCUT2D eigenvalue weighted by molar-refractivity contribution is 6.30. The van der Waals surface area contributed by atoms with E-state index in [4.69, 9.17) is 16.1 Å². The average molecular weight is 372 g/mol. The second kappa shape index (κ2) is 6.76. The van der Waals surface area contributed by atoms with Crippen LogP contribution in [0, 0.1) is 5.82 Å².